The highest BCUT2D eigenvalue weighted by Crippen LogP contribution is 2.38. The Morgan fingerprint density at radius 2 is 2.00 bits per heavy atom. The summed E-state index contributed by atoms with van der Waals surface area (Å²) in [5.74, 6) is 0.541. The van der Waals surface area contributed by atoms with Crippen LogP contribution in [0.5, 0.6) is 11.5 Å². The largest absolute Gasteiger partial charge is 0.496 e. The van der Waals surface area contributed by atoms with Gasteiger partial charge >= 0.3 is 5.97 Å². The molecule has 118 valence electrons. The van der Waals surface area contributed by atoms with Crippen molar-refractivity contribution < 1.29 is 19.4 Å². The van der Waals surface area contributed by atoms with Crippen LogP contribution in [0, 0.1) is 6.92 Å². The summed E-state index contributed by atoms with van der Waals surface area (Å²) in [6.07, 6.45) is 0. The van der Waals surface area contributed by atoms with Crippen molar-refractivity contribution in [2.75, 3.05) is 20.0 Å². The Kier molecular flexibility index (Phi) is 5.10. The first-order chi connectivity index (χ1) is 10.5. The average Bonchev–Trinajstić information content (AvgIpc) is 2.50. The molecule has 0 fully saturated rings. The number of nitrogens with zero attached hydrogens (tertiary/aromatic N) is 1. The van der Waals surface area contributed by atoms with Crippen LogP contribution >= 0.6 is 11.8 Å². The number of hydrogen-bond acceptors (Lipinski definition) is 6. The van der Waals surface area contributed by atoms with E-state index in [1.807, 2.05) is 13.0 Å². The van der Waals surface area contributed by atoms with Gasteiger partial charge in [0.05, 0.1) is 19.6 Å². The smallest absolute Gasteiger partial charge is 0.321 e. The van der Waals surface area contributed by atoms with E-state index in [4.69, 9.17) is 20.3 Å². The van der Waals surface area contributed by atoms with Gasteiger partial charge in [-0.3, -0.25) is 4.79 Å². The molecule has 1 atom stereocenters. The van der Waals surface area contributed by atoms with Crippen molar-refractivity contribution in [1.82, 2.24) is 4.98 Å². The van der Waals surface area contributed by atoms with Crippen molar-refractivity contribution in [3.63, 3.8) is 0 Å². The van der Waals surface area contributed by atoms with Crippen LogP contribution in [0.4, 0.5) is 0 Å². The second-order valence-corrected chi connectivity index (χ2v) is 5.77. The highest BCUT2D eigenvalue weighted by atomic mass is 32.2. The molecule has 7 heteroatoms. The van der Waals surface area contributed by atoms with Crippen molar-refractivity contribution in [3.8, 4) is 11.5 Å². The maximum Gasteiger partial charge on any atom is 0.321 e. The van der Waals surface area contributed by atoms with Gasteiger partial charge in [0.2, 0.25) is 0 Å². The quantitative estimate of drug-likeness (QED) is 0.786. The molecule has 0 amide bonds. The van der Waals surface area contributed by atoms with Gasteiger partial charge < -0.3 is 20.3 Å². The standard InChI is InChI=1S/C15H18N2O4S/c1-8-6-12(22-7-9(16)15(18)19)13-10(20-2)4-5-11(21-3)14(13)17-8/h4-6,9H,7,16H2,1-3H3,(H,18,19). The minimum Gasteiger partial charge on any atom is -0.496 e. The number of aryl methyl sites for hydroxylation is 1. The van der Waals surface area contributed by atoms with E-state index in [0.29, 0.717) is 17.0 Å². The molecule has 1 heterocycles. The zero-order valence-electron chi connectivity index (χ0n) is 12.6. The number of aliphatic carboxylic acids is 1. The van der Waals surface area contributed by atoms with Crippen LogP contribution in [0.1, 0.15) is 5.69 Å². The third-order valence-electron chi connectivity index (χ3n) is 3.15. The van der Waals surface area contributed by atoms with Gasteiger partial charge in [-0.25, -0.2) is 4.98 Å². The van der Waals surface area contributed by atoms with Crippen molar-refractivity contribution in [2.45, 2.75) is 17.9 Å². The zero-order chi connectivity index (χ0) is 16.3. The fraction of sp³-hybridized carbons (Fsp3) is 0.333. The van der Waals surface area contributed by atoms with Crippen LogP contribution < -0.4 is 15.2 Å². The first-order valence-electron chi connectivity index (χ1n) is 6.61. The van der Waals surface area contributed by atoms with Crippen molar-refractivity contribution in [1.29, 1.82) is 0 Å². The number of ether oxygens (including phenoxy) is 2. The lowest BCUT2D eigenvalue weighted by Gasteiger charge is -2.14. The number of carboxylic acid groups (broad SMARTS) is 1. The molecule has 0 bridgehead atoms. The fourth-order valence-corrected chi connectivity index (χ4v) is 3.17. The van der Waals surface area contributed by atoms with Gasteiger partial charge in [0.15, 0.2) is 0 Å². The number of nitrogens with two attached hydrogens (primary N) is 1. The van der Waals surface area contributed by atoms with Gasteiger partial charge in [-0.15, -0.1) is 11.8 Å². The Bertz CT molecular complexity index is 705. The first-order valence-corrected chi connectivity index (χ1v) is 7.60. The Labute approximate surface area is 132 Å². The fourth-order valence-electron chi connectivity index (χ4n) is 2.07. The van der Waals surface area contributed by atoms with Gasteiger partial charge in [-0.05, 0) is 25.1 Å². The zero-order valence-corrected chi connectivity index (χ0v) is 13.4. The molecule has 0 spiro atoms. The molecule has 0 radical (unpaired) electrons. The molecule has 0 saturated carbocycles. The monoisotopic (exact) mass is 322 g/mol. The molecule has 0 saturated heterocycles. The van der Waals surface area contributed by atoms with Gasteiger partial charge in [0.25, 0.3) is 0 Å². The number of fused-ring (bicyclic) bond motifs is 1. The van der Waals surface area contributed by atoms with E-state index < -0.39 is 12.0 Å². The van der Waals surface area contributed by atoms with Crippen LogP contribution in [-0.2, 0) is 4.79 Å². The Hall–Kier alpha value is -1.99. The summed E-state index contributed by atoms with van der Waals surface area (Å²) in [7, 11) is 3.16. The SMILES string of the molecule is COc1ccc(OC)c2c(SCC(N)C(=O)O)cc(C)nc12. The molecule has 22 heavy (non-hydrogen) atoms. The molecule has 3 N–H and O–H groups in total. The maximum absolute atomic E-state index is 10.9. The predicted molar refractivity (Wildman–Crippen MR) is 85.9 cm³/mol. The van der Waals surface area contributed by atoms with Crippen molar-refractivity contribution >= 4 is 28.6 Å². The number of carboxylic acids is 1. The Balaban J connectivity index is 2.54. The molecule has 0 aliphatic heterocycles. The van der Waals surface area contributed by atoms with E-state index in [2.05, 4.69) is 4.98 Å². The molecular weight excluding hydrogens is 304 g/mol. The van der Waals surface area contributed by atoms with Crippen LogP contribution in [-0.4, -0.2) is 42.1 Å². The van der Waals surface area contributed by atoms with Crippen LogP contribution in [0.2, 0.25) is 0 Å². The third kappa shape index (κ3) is 3.26. The molecule has 1 aromatic heterocycles. The molecule has 6 nitrogen and oxygen atoms in total. The molecule has 2 rings (SSSR count). The first kappa shape index (κ1) is 16.4. The highest BCUT2D eigenvalue weighted by Gasteiger charge is 2.17. The van der Waals surface area contributed by atoms with Gasteiger partial charge in [-0.1, -0.05) is 0 Å². The number of carbonyl (C=O) groups is 1. The van der Waals surface area contributed by atoms with Gasteiger partial charge in [-0.2, -0.15) is 0 Å². The molecule has 0 aliphatic carbocycles. The normalized spacial score (nSPS) is 12.2. The third-order valence-corrected chi connectivity index (χ3v) is 4.31. The summed E-state index contributed by atoms with van der Waals surface area (Å²) in [5, 5.41) is 9.72. The minimum atomic E-state index is -1.02. The number of benzene rings is 1. The molecule has 0 aliphatic rings. The van der Waals surface area contributed by atoms with Crippen LogP contribution in [0.3, 0.4) is 0 Å². The highest BCUT2D eigenvalue weighted by molar-refractivity contribution is 7.99. The summed E-state index contributed by atoms with van der Waals surface area (Å²) in [4.78, 5) is 16.3. The van der Waals surface area contributed by atoms with E-state index in [1.54, 1.807) is 26.4 Å². The lowest BCUT2D eigenvalue weighted by Crippen LogP contribution is -2.32. The van der Waals surface area contributed by atoms with E-state index in [1.165, 1.54) is 11.8 Å². The summed E-state index contributed by atoms with van der Waals surface area (Å²) in [6, 6.07) is 4.57. The number of methoxy groups -OCH3 is 2. The van der Waals surface area contributed by atoms with E-state index in [0.717, 1.165) is 16.0 Å². The maximum atomic E-state index is 10.9. The van der Waals surface area contributed by atoms with E-state index in [9.17, 15) is 4.79 Å². The van der Waals surface area contributed by atoms with Gasteiger partial charge in [0.1, 0.15) is 23.1 Å². The van der Waals surface area contributed by atoms with E-state index >= 15 is 0 Å². The second-order valence-electron chi connectivity index (χ2n) is 4.71. The lowest BCUT2D eigenvalue weighted by atomic mass is 10.1. The molecule has 2 aromatic rings. The molecule has 1 unspecified atom stereocenters. The number of hydrogen-bond donors (Lipinski definition) is 2. The molecule has 1 aromatic carbocycles. The van der Waals surface area contributed by atoms with Crippen LogP contribution in [0.15, 0.2) is 23.1 Å². The van der Waals surface area contributed by atoms with Crippen molar-refractivity contribution in [3.05, 3.63) is 23.9 Å². The summed E-state index contributed by atoms with van der Waals surface area (Å²) >= 11 is 1.37. The topological polar surface area (TPSA) is 94.7 Å². The number of aromatic nitrogens is 1. The summed E-state index contributed by atoms with van der Waals surface area (Å²) in [5.41, 5.74) is 7.08. The predicted octanol–water partition coefficient (Wildman–Crippen LogP) is 2.06. The van der Waals surface area contributed by atoms with Crippen LogP contribution in [0.25, 0.3) is 10.9 Å². The second kappa shape index (κ2) is 6.85. The summed E-state index contributed by atoms with van der Waals surface area (Å²) < 4.78 is 10.8. The van der Waals surface area contributed by atoms with E-state index in [-0.39, 0.29) is 5.75 Å². The lowest BCUT2D eigenvalue weighted by molar-refractivity contribution is -0.137. The molecular formula is C15H18N2O4S. The van der Waals surface area contributed by atoms with Gasteiger partial charge in [0, 0.05) is 16.3 Å². The Morgan fingerprint density at radius 3 is 2.59 bits per heavy atom. The average molecular weight is 322 g/mol. The minimum absolute atomic E-state index is 0.258. The number of thioether (sulfide) groups is 1. The number of rotatable bonds is 6. The number of pyridine rings is 1. The van der Waals surface area contributed by atoms with Crippen molar-refractivity contribution in [2.24, 2.45) is 5.73 Å². The Morgan fingerprint density at radius 1 is 1.36 bits per heavy atom. The summed E-state index contributed by atoms with van der Waals surface area (Å²) in [6.45, 7) is 1.87.